The van der Waals surface area contributed by atoms with Gasteiger partial charge in [0.1, 0.15) is 0 Å². The second kappa shape index (κ2) is 4.25. The van der Waals surface area contributed by atoms with Gasteiger partial charge in [-0.2, -0.15) is 0 Å². The van der Waals surface area contributed by atoms with Gasteiger partial charge >= 0.3 is 0 Å². The number of fused-ring (bicyclic) bond motifs is 1. The van der Waals surface area contributed by atoms with Gasteiger partial charge in [-0.1, -0.05) is 11.6 Å². The minimum atomic E-state index is 0.729. The molecule has 3 heteroatoms. The molecule has 1 heterocycles. The Hall–Kier alpha value is -0.990. The van der Waals surface area contributed by atoms with E-state index in [9.17, 15) is 0 Å². The molecular weight excluding hydrogens is 208 g/mol. The predicted octanol–water partition coefficient (Wildman–Crippen LogP) is 3.02. The average Bonchev–Trinajstić information content (AvgIpc) is 2.51. The summed E-state index contributed by atoms with van der Waals surface area (Å²) in [6.45, 7) is 2.83. The zero-order valence-electron chi connectivity index (χ0n) is 8.81. The summed E-state index contributed by atoms with van der Waals surface area (Å²) in [5.74, 6) is 0. The fraction of sp³-hybridized carbons (Fsp3) is 0.333. The lowest BCUT2D eigenvalue weighted by Gasteiger charge is -1.99. The van der Waals surface area contributed by atoms with Gasteiger partial charge in [-0.05, 0) is 50.1 Å². The fourth-order valence-corrected chi connectivity index (χ4v) is 2.13. The third-order valence-electron chi connectivity index (χ3n) is 2.71. The molecule has 0 fully saturated rings. The van der Waals surface area contributed by atoms with Gasteiger partial charge in [-0.25, -0.2) is 0 Å². The highest BCUT2D eigenvalue weighted by molar-refractivity contribution is 6.31. The molecule has 0 aliphatic carbocycles. The summed E-state index contributed by atoms with van der Waals surface area (Å²) in [6, 6.07) is 5.95. The number of benzene rings is 1. The van der Waals surface area contributed by atoms with Crippen molar-refractivity contribution in [2.24, 2.45) is 5.73 Å². The number of aromatic amines is 1. The predicted molar refractivity (Wildman–Crippen MR) is 65.4 cm³/mol. The normalized spacial score (nSPS) is 11.1. The van der Waals surface area contributed by atoms with E-state index in [4.69, 9.17) is 17.3 Å². The lowest BCUT2D eigenvalue weighted by molar-refractivity contribution is 0.831. The molecule has 0 saturated carbocycles. The summed E-state index contributed by atoms with van der Waals surface area (Å²) < 4.78 is 0. The van der Waals surface area contributed by atoms with Crippen molar-refractivity contribution in [3.05, 3.63) is 34.5 Å². The summed E-state index contributed by atoms with van der Waals surface area (Å²) in [4.78, 5) is 3.36. The minimum Gasteiger partial charge on any atom is -0.358 e. The van der Waals surface area contributed by atoms with E-state index in [-0.39, 0.29) is 0 Å². The van der Waals surface area contributed by atoms with Crippen molar-refractivity contribution in [2.45, 2.75) is 19.8 Å². The molecule has 1 aromatic carbocycles. The van der Waals surface area contributed by atoms with E-state index in [1.807, 2.05) is 18.2 Å². The Kier molecular flexibility index (Phi) is 2.98. The van der Waals surface area contributed by atoms with Gasteiger partial charge in [0.05, 0.1) is 0 Å². The van der Waals surface area contributed by atoms with Crippen molar-refractivity contribution in [2.75, 3.05) is 6.54 Å². The lowest BCUT2D eigenvalue weighted by Crippen LogP contribution is -2.00. The molecule has 2 rings (SSSR count). The van der Waals surface area contributed by atoms with E-state index >= 15 is 0 Å². The number of halogens is 1. The standard InChI is InChI=1S/C12H15ClN2/c1-8-10(3-2-6-14)11-7-9(13)4-5-12(11)15-8/h4-5,7,15H,2-3,6,14H2,1H3. The van der Waals surface area contributed by atoms with Crippen LogP contribution in [0.25, 0.3) is 10.9 Å². The number of aromatic nitrogens is 1. The van der Waals surface area contributed by atoms with Gasteiger partial charge in [0.15, 0.2) is 0 Å². The van der Waals surface area contributed by atoms with Crippen molar-refractivity contribution in [3.63, 3.8) is 0 Å². The first kappa shape index (κ1) is 10.5. The number of nitrogens with one attached hydrogen (secondary N) is 1. The molecule has 2 aromatic rings. The van der Waals surface area contributed by atoms with Crippen molar-refractivity contribution in [3.8, 4) is 0 Å². The van der Waals surface area contributed by atoms with E-state index < -0.39 is 0 Å². The Labute approximate surface area is 94.4 Å². The second-order valence-corrected chi connectivity index (χ2v) is 4.25. The van der Waals surface area contributed by atoms with Crippen LogP contribution in [0.1, 0.15) is 17.7 Å². The molecule has 0 bridgehead atoms. The number of hydrogen-bond donors (Lipinski definition) is 2. The van der Waals surface area contributed by atoms with Gasteiger partial charge in [0.25, 0.3) is 0 Å². The number of nitrogens with two attached hydrogens (primary N) is 1. The topological polar surface area (TPSA) is 41.8 Å². The molecule has 0 aliphatic heterocycles. The van der Waals surface area contributed by atoms with Crippen LogP contribution in [0.5, 0.6) is 0 Å². The molecule has 0 aliphatic rings. The number of rotatable bonds is 3. The van der Waals surface area contributed by atoms with Crippen LogP contribution in [-0.4, -0.2) is 11.5 Å². The zero-order valence-corrected chi connectivity index (χ0v) is 9.56. The first-order valence-corrected chi connectivity index (χ1v) is 5.57. The molecule has 0 saturated heterocycles. The van der Waals surface area contributed by atoms with Gasteiger partial charge < -0.3 is 10.7 Å². The molecule has 0 spiro atoms. The largest absolute Gasteiger partial charge is 0.358 e. The third-order valence-corrected chi connectivity index (χ3v) is 2.95. The maximum Gasteiger partial charge on any atom is 0.0459 e. The molecule has 80 valence electrons. The van der Waals surface area contributed by atoms with E-state index in [0.717, 1.165) is 29.9 Å². The molecule has 2 nitrogen and oxygen atoms in total. The van der Waals surface area contributed by atoms with Gasteiger partial charge in [0.2, 0.25) is 0 Å². The Morgan fingerprint density at radius 2 is 2.20 bits per heavy atom. The second-order valence-electron chi connectivity index (χ2n) is 3.81. The Morgan fingerprint density at radius 3 is 2.93 bits per heavy atom. The number of H-pyrrole nitrogens is 1. The summed E-state index contributed by atoms with van der Waals surface area (Å²) >= 11 is 6.00. The van der Waals surface area contributed by atoms with E-state index in [2.05, 4.69) is 11.9 Å². The smallest absolute Gasteiger partial charge is 0.0459 e. The maximum absolute atomic E-state index is 6.00. The van der Waals surface area contributed by atoms with E-state index in [1.54, 1.807) is 0 Å². The molecule has 3 N–H and O–H groups in total. The van der Waals surface area contributed by atoms with Crippen molar-refractivity contribution < 1.29 is 0 Å². The van der Waals surface area contributed by atoms with Gasteiger partial charge in [-0.15, -0.1) is 0 Å². The van der Waals surface area contributed by atoms with Crippen LogP contribution in [0.3, 0.4) is 0 Å². The van der Waals surface area contributed by atoms with Crippen molar-refractivity contribution in [1.29, 1.82) is 0 Å². The lowest BCUT2D eigenvalue weighted by atomic mass is 10.1. The molecule has 0 unspecified atom stereocenters. The van der Waals surface area contributed by atoms with Crippen LogP contribution in [0.2, 0.25) is 5.02 Å². The quantitative estimate of drug-likeness (QED) is 0.824. The van der Waals surface area contributed by atoms with Crippen molar-refractivity contribution >= 4 is 22.5 Å². The van der Waals surface area contributed by atoms with E-state index in [1.165, 1.54) is 16.6 Å². The summed E-state index contributed by atoms with van der Waals surface area (Å²) in [5, 5.41) is 2.02. The first-order chi connectivity index (χ1) is 7.22. The Balaban J connectivity index is 2.50. The van der Waals surface area contributed by atoms with E-state index in [0.29, 0.717) is 0 Å². The minimum absolute atomic E-state index is 0.729. The third kappa shape index (κ3) is 2.01. The van der Waals surface area contributed by atoms with Crippen molar-refractivity contribution in [1.82, 2.24) is 4.98 Å². The highest BCUT2D eigenvalue weighted by Crippen LogP contribution is 2.26. The summed E-state index contributed by atoms with van der Waals surface area (Å²) in [7, 11) is 0. The zero-order chi connectivity index (χ0) is 10.8. The van der Waals surface area contributed by atoms with Crippen LogP contribution in [-0.2, 0) is 6.42 Å². The fourth-order valence-electron chi connectivity index (χ4n) is 1.96. The first-order valence-electron chi connectivity index (χ1n) is 5.19. The number of hydrogen-bond acceptors (Lipinski definition) is 1. The Morgan fingerprint density at radius 1 is 1.40 bits per heavy atom. The van der Waals surface area contributed by atoms with Gasteiger partial charge in [-0.3, -0.25) is 0 Å². The monoisotopic (exact) mass is 222 g/mol. The van der Waals surface area contributed by atoms with Crippen LogP contribution < -0.4 is 5.73 Å². The summed E-state index contributed by atoms with van der Waals surface area (Å²) in [5.41, 5.74) is 9.26. The number of aryl methyl sites for hydroxylation is 2. The van der Waals surface area contributed by atoms with Crippen LogP contribution in [0.15, 0.2) is 18.2 Å². The molecular formula is C12H15ClN2. The molecule has 1 aromatic heterocycles. The Bertz CT molecular complexity index is 474. The van der Waals surface area contributed by atoms with Crippen LogP contribution in [0, 0.1) is 6.92 Å². The highest BCUT2D eigenvalue weighted by atomic mass is 35.5. The molecule has 0 amide bonds. The molecule has 15 heavy (non-hydrogen) atoms. The van der Waals surface area contributed by atoms with Gasteiger partial charge in [0, 0.05) is 21.6 Å². The highest BCUT2D eigenvalue weighted by Gasteiger charge is 2.07. The molecule has 0 atom stereocenters. The van der Waals surface area contributed by atoms with Crippen LogP contribution in [0.4, 0.5) is 0 Å². The molecule has 0 radical (unpaired) electrons. The SMILES string of the molecule is Cc1[nH]c2ccc(Cl)cc2c1CCCN. The average molecular weight is 223 g/mol. The summed E-state index contributed by atoms with van der Waals surface area (Å²) in [6.07, 6.45) is 2.03. The maximum atomic E-state index is 6.00. The van der Waals surface area contributed by atoms with Crippen LogP contribution >= 0.6 is 11.6 Å².